The van der Waals surface area contributed by atoms with Gasteiger partial charge in [0, 0.05) is 18.3 Å². The molecule has 0 aliphatic rings. The summed E-state index contributed by atoms with van der Waals surface area (Å²) in [5, 5.41) is 0.150. The zero-order chi connectivity index (χ0) is 13.6. The zero-order valence-corrected chi connectivity index (χ0v) is 12.6. The van der Waals surface area contributed by atoms with Crippen molar-refractivity contribution < 1.29 is 4.79 Å². The van der Waals surface area contributed by atoms with Crippen molar-refractivity contribution >= 4 is 17.0 Å². The highest BCUT2D eigenvalue weighted by Crippen LogP contribution is 2.36. The molecular weight excluding hydrogens is 242 g/mol. The van der Waals surface area contributed by atoms with E-state index in [0.717, 1.165) is 19.4 Å². The Bertz CT molecular complexity index is 375. The second kappa shape index (κ2) is 6.83. The molecule has 0 spiro atoms. The third-order valence-corrected chi connectivity index (χ3v) is 4.20. The predicted molar refractivity (Wildman–Crippen MR) is 80.0 cm³/mol. The highest BCUT2D eigenvalue weighted by atomic mass is 32.2. The highest BCUT2D eigenvalue weighted by molar-refractivity contribution is 8.14. The fourth-order valence-corrected chi connectivity index (χ4v) is 2.62. The Morgan fingerprint density at radius 1 is 1.28 bits per heavy atom. The van der Waals surface area contributed by atoms with Gasteiger partial charge in [-0.25, -0.2) is 0 Å². The third-order valence-electron chi connectivity index (χ3n) is 2.97. The fourth-order valence-electron chi connectivity index (χ4n) is 1.68. The summed E-state index contributed by atoms with van der Waals surface area (Å²) in [6.07, 6.45) is 2.18. The molecule has 3 heteroatoms. The van der Waals surface area contributed by atoms with E-state index in [1.165, 1.54) is 17.3 Å². The summed E-state index contributed by atoms with van der Waals surface area (Å²) >= 11 is 1.40. The Labute approximate surface area is 115 Å². The lowest BCUT2D eigenvalue weighted by molar-refractivity contribution is 0.232. The largest absolute Gasteiger partial charge is 0.337 e. The van der Waals surface area contributed by atoms with Gasteiger partial charge in [-0.1, -0.05) is 55.4 Å². The maximum atomic E-state index is 12.1. The molecule has 0 unspecified atom stereocenters. The molecule has 0 aliphatic carbocycles. The normalized spacial score (nSPS) is 11.3. The van der Waals surface area contributed by atoms with Crippen molar-refractivity contribution in [3.05, 3.63) is 35.9 Å². The standard InChI is InChI=1S/C15H23NOS/c1-5-6-12-16(4)14(17)18-15(2,3)13-10-8-7-9-11-13/h7-11H,5-6,12H2,1-4H3. The summed E-state index contributed by atoms with van der Waals surface area (Å²) in [5.74, 6) is 0. The van der Waals surface area contributed by atoms with Gasteiger partial charge in [0.15, 0.2) is 0 Å². The topological polar surface area (TPSA) is 20.3 Å². The Hall–Kier alpha value is -0.960. The van der Waals surface area contributed by atoms with E-state index in [0.29, 0.717) is 0 Å². The lowest BCUT2D eigenvalue weighted by atomic mass is 10.0. The van der Waals surface area contributed by atoms with E-state index in [1.807, 2.05) is 30.1 Å². The maximum Gasteiger partial charge on any atom is 0.282 e. The number of nitrogens with zero attached hydrogens (tertiary/aromatic N) is 1. The molecule has 0 fully saturated rings. The minimum atomic E-state index is -0.182. The first-order valence-electron chi connectivity index (χ1n) is 6.47. The SMILES string of the molecule is CCCCN(C)C(=O)SC(C)(C)c1ccccc1. The lowest BCUT2D eigenvalue weighted by Crippen LogP contribution is -2.27. The van der Waals surface area contributed by atoms with Gasteiger partial charge in [0.25, 0.3) is 5.24 Å². The number of hydrogen-bond acceptors (Lipinski definition) is 2. The van der Waals surface area contributed by atoms with Crippen LogP contribution < -0.4 is 0 Å². The Morgan fingerprint density at radius 2 is 1.89 bits per heavy atom. The van der Waals surface area contributed by atoms with Crippen LogP contribution in [-0.2, 0) is 4.75 Å². The highest BCUT2D eigenvalue weighted by Gasteiger charge is 2.26. The number of unbranched alkanes of at least 4 members (excludes halogenated alkanes) is 1. The van der Waals surface area contributed by atoms with Crippen molar-refractivity contribution in [2.24, 2.45) is 0 Å². The molecule has 0 saturated heterocycles. The van der Waals surface area contributed by atoms with E-state index in [2.05, 4.69) is 32.9 Å². The van der Waals surface area contributed by atoms with Crippen molar-refractivity contribution in [1.82, 2.24) is 4.90 Å². The molecule has 0 N–H and O–H groups in total. The summed E-state index contributed by atoms with van der Waals surface area (Å²) < 4.78 is -0.182. The van der Waals surface area contributed by atoms with Crippen LogP contribution in [0.15, 0.2) is 30.3 Å². The second-order valence-electron chi connectivity index (χ2n) is 5.02. The van der Waals surface area contributed by atoms with Crippen molar-refractivity contribution in [1.29, 1.82) is 0 Å². The summed E-state index contributed by atoms with van der Waals surface area (Å²) in [6.45, 7) is 7.17. The molecule has 0 atom stereocenters. The van der Waals surface area contributed by atoms with Gasteiger partial charge in [-0.2, -0.15) is 0 Å². The summed E-state index contributed by atoms with van der Waals surface area (Å²) in [5.41, 5.74) is 1.19. The molecular formula is C15H23NOS. The van der Waals surface area contributed by atoms with Crippen molar-refractivity contribution in [3.8, 4) is 0 Å². The van der Waals surface area contributed by atoms with Gasteiger partial charge in [0.1, 0.15) is 0 Å². The van der Waals surface area contributed by atoms with Crippen molar-refractivity contribution in [2.45, 2.75) is 38.4 Å². The van der Waals surface area contributed by atoms with E-state index >= 15 is 0 Å². The Morgan fingerprint density at radius 3 is 2.44 bits per heavy atom. The van der Waals surface area contributed by atoms with Crippen LogP contribution >= 0.6 is 11.8 Å². The molecule has 0 bridgehead atoms. The summed E-state index contributed by atoms with van der Waals surface area (Å²) in [6, 6.07) is 10.2. The monoisotopic (exact) mass is 265 g/mol. The van der Waals surface area contributed by atoms with Gasteiger partial charge in [-0.15, -0.1) is 0 Å². The molecule has 100 valence electrons. The van der Waals surface area contributed by atoms with Gasteiger partial charge in [0.05, 0.1) is 0 Å². The number of rotatable bonds is 5. The smallest absolute Gasteiger partial charge is 0.282 e. The molecule has 0 aliphatic heterocycles. The van der Waals surface area contributed by atoms with E-state index in [9.17, 15) is 4.79 Å². The Kier molecular flexibility index (Phi) is 5.73. The first kappa shape index (κ1) is 15.1. The molecule has 2 nitrogen and oxygen atoms in total. The van der Waals surface area contributed by atoms with Crippen LogP contribution in [0.3, 0.4) is 0 Å². The molecule has 0 aromatic heterocycles. The van der Waals surface area contributed by atoms with E-state index in [1.54, 1.807) is 0 Å². The number of thioether (sulfide) groups is 1. The van der Waals surface area contributed by atoms with Crippen molar-refractivity contribution in [3.63, 3.8) is 0 Å². The molecule has 1 aromatic carbocycles. The quantitative estimate of drug-likeness (QED) is 0.781. The van der Waals surface area contributed by atoms with Crippen LogP contribution in [0.5, 0.6) is 0 Å². The molecule has 0 heterocycles. The molecule has 0 saturated carbocycles. The van der Waals surface area contributed by atoms with Crippen LogP contribution in [-0.4, -0.2) is 23.7 Å². The molecule has 1 aromatic rings. The molecule has 1 amide bonds. The van der Waals surface area contributed by atoms with Gasteiger partial charge >= 0.3 is 0 Å². The Balaban J connectivity index is 2.63. The minimum Gasteiger partial charge on any atom is -0.337 e. The molecule has 0 radical (unpaired) electrons. The van der Waals surface area contributed by atoms with E-state index in [-0.39, 0.29) is 9.99 Å². The first-order chi connectivity index (χ1) is 8.47. The summed E-state index contributed by atoms with van der Waals surface area (Å²) in [7, 11) is 1.88. The predicted octanol–water partition coefficient (Wildman–Crippen LogP) is 4.51. The lowest BCUT2D eigenvalue weighted by Gasteiger charge is -2.26. The van der Waals surface area contributed by atoms with E-state index in [4.69, 9.17) is 0 Å². The van der Waals surface area contributed by atoms with Crippen LogP contribution in [0.25, 0.3) is 0 Å². The van der Waals surface area contributed by atoms with Gasteiger partial charge in [-0.3, -0.25) is 4.79 Å². The fraction of sp³-hybridized carbons (Fsp3) is 0.533. The molecule has 18 heavy (non-hydrogen) atoms. The van der Waals surface area contributed by atoms with Crippen molar-refractivity contribution in [2.75, 3.05) is 13.6 Å². The van der Waals surface area contributed by atoms with Gasteiger partial charge < -0.3 is 4.90 Å². The number of hydrogen-bond donors (Lipinski definition) is 0. The zero-order valence-electron chi connectivity index (χ0n) is 11.8. The number of carbonyl (C=O) groups is 1. The van der Waals surface area contributed by atoms with Gasteiger partial charge in [-0.05, 0) is 25.8 Å². The second-order valence-corrected chi connectivity index (χ2v) is 6.59. The van der Waals surface area contributed by atoms with E-state index < -0.39 is 0 Å². The molecule has 1 rings (SSSR count). The van der Waals surface area contributed by atoms with Crippen LogP contribution in [0.4, 0.5) is 4.79 Å². The maximum absolute atomic E-state index is 12.1. The van der Waals surface area contributed by atoms with Crippen LogP contribution in [0.2, 0.25) is 0 Å². The minimum absolute atomic E-state index is 0.150. The summed E-state index contributed by atoms with van der Waals surface area (Å²) in [4.78, 5) is 13.9. The van der Waals surface area contributed by atoms with Gasteiger partial charge in [0.2, 0.25) is 0 Å². The number of carbonyl (C=O) groups excluding carboxylic acids is 1. The number of amides is 1. The average Bonchev–Trinajstić information content (AvgIpc) is 2.36. The first-order valence-corrected chi connectivity index (χ1v) is 7.28. The number of benzene rings is 1. The van der Waals surface area contributed by atoms with Crippen LogP contribution in [0, 0.1) is 0 Å². The third kappa shape index (κ3) is 4.37. The van der Waals surface area contributed by atoms with Crippen LogP contribution in [0.1, 0.15) is 39.2 Å². The average molecular weight is 265 g/mol.